The third-order valence-electron chi connectivity index (χ3n) is 4.74. The quantitative estimate of drug-likeness (QED) is 0.768. The Labute approximate surface area is 166 Å². The van der Waals surface area contributed by atoms with E-state index in [4.69, 9.17) is 4.74 Å². The number of rotatable bonds is 7. The number of hydrogen-bond acceptors (Lipinski definition) is 4. The van der Waals surface area contributed by atoms with Crippen LogP contribution in [0.25, 0.3) is 0 Å². The van der Waals surface area contributed by atoms with Crippen LogP contribution in [-0.4, -0.2) is 38.3 Å². The maximum atomic E-state index is 12.5. The highest BCUT2D eigenvalue weighted by Crippen LogP contribution is 2.26. The van der Waals surface area contributed by atoms with Crippen LogP contribution in [0.3, 0.4) is 0 Å². The minimum absolute atomic E-state index is 0.114. The maximum absolute atomic E-state index is 12.5. The lowest BCUT2D eigenvalue weighted by Crippen LogP contribution is -2.27. The molecule has 0 unspecified atom stereocenters. The van der Waals surface area contributed by atoms with E-state index in [2.05, 4.69) is 19.2 Å². The van der Waals surface area contributed by atoms with Crippen LogP contribution in [0.2, 0.25) is 0 Å². The van der Waals surface area contributed by atoms with Crippen LogP contribution in [-0.2, 0) is 14.8 Å². The Morgan fingerprint density at radius 1 is 1.07 bits per heavy atom. The van der Waals surface area contributed by atoms with Crippen LogP contribution < -0.4 is 10.1 Å². The van der Waals surface area contributed by atoms with Gasteiger partial charge in [-0.3, -0.25) is 4.79 Å². The molecular formula is C21H26N2O4S. The van der Waals surface area contributed by atoms with Crippen molar-refractivity contribution in [3.8, 4) is 5.75 Å². The molecule has 1 aliphatic rings. The number of ether oxygens (including phenoxy) is 1. The van der Waals surface area contributed by atoms with Gasteiger partial charge in [0.2, 0.25) is 10.0 Å². The molecule has 0 bridgehead atoms. The molecular weight excluding hydrogens is 376 g/mol. The van der Waals surface area contributed by atoms with E-state index >= 15 is 0 Å². The zero-order chi connectivity index (χ0) is 20.1. The molecule has 0 atom stereocenters. The van der Waals surface area contributed by atoms with Gasteiger partial charge in [0.1, 0.15) is 5.75 Å². The van der Waals surface area contributed by atoms with Crippen LogP contribution in [0.1, 0.15) is 38.2 Å². The Hall–Kier alpha value is -2.38. The Kier molecular flexibility index (Phi) is 6.36. The first kappa shape index (κ1) is 20.4. The summed E-state index contributed by atoms with van der Waals surface area (Å²) in [7, 11) is -3.45. The van der Waals surface area contributed by atoms with E-state index in [0.717, 1.165) is 18.4 Å². The van der Waals surface area contributed by atoms with E-state index in [1.165, 1.54) is 16.4 Å². The number of sulfonamides is 1. The molecule has 0 aromatic heterocycles. The third kappa shape index (κ3) is 4.72. The molecule has 1 saturated heterocycles. The molecule has 28 heavy (non-hydrogen) atoms. The van der Waals surface area contributed by atoms with E-state index < -0.39 is 10.0 Å². The van der Waals surface area contributed by atoms with Gasteiger partial charge in [-0.2, -0.15) is 4.31 Å². The first-order valence-corrected chi connectivity index (χ1v) is 10.9. The molecule has 1 N–H and O–H groups in total. The zero-order valence-corrected chi connectivity index (χ0v) is 17.0. The van der Waals surface area contributed by atoms with Gasteiger partial charge in [0.15, 0.2) is 6.61 Å². The highest BCUT2D eigenvalue weighted by molar-refractivity contribution is 7.89. The summed E-state index contributed by atoms with van der Waals surface area (Å²) in [5.41, 5.74) is 1.58. The molecule has 2 aromatic carbocycles. The first-order valence-electron chi connectivity index (χ1n) is 9.50. The van der Waals surface area contributed by atoms with Crippen LogP contribution in [0.4, 0.5) is 5.69 Å². The lowest BCUT2D eigenvalue weighted by Gasteiger charge is -2.16. The van der Waals surface area contributed by atoms with Gasteiger partial charge in [0, 0.05) is 18.8 Å². The first-order chi connectivity index (χ1) is 13.4. The van der Waals surface area contributed by atoms with Crippen molar-refractivity contribution in [3.63, 3.8) is 0 Å². The van der Waals surface area contributed by atoms with Crippen LogP contribution in [0.15, 0.2) is 53.4 Å². The van der Waals surface area contributed by atoms with Crippen molar-refractivity contribution in [1.29, 1.82) is 0 Å². The summed E-state index contributed by atoms with van der Waals surface area (Å²) in [6, 6.07) is 13.9. The second kappa shape index (κ2) is 8.75. The van der Waals surface area contributed by atoms with Gasteiger partial charge >= 0.3 is 0 Å². The summed E-state index contributed by atoms with van der Waals surface area (Å²) in [4.78, 5) is 12.4. The molecule has 3 rings (SSSR count). The van der Waals surface area contributed by atoms with Gasteiger partial charge in [0.25, 0.3) is 5.91 Å². The van der Waals surface area contributed by atoms with Crippen molar-refractivity contribution in [1.82, 2.24) is 4.31 Å². The molecule has 7 heteroatoms. The number of hydrogen-bond donors (Lipinski definition) is 1. The van der Waals surface area contributed by atoms with Crippen molar-refractivity contribution in [3.05, 3.63) is 54.1 Å². The zero-order valence-electron chi connectivity index (χ0n) is 16.2. The molecule has 1 aliphatic heterocycles. The highest BCUT2D eigenvalue weighted by atomic mass is 32.2. The number of benzene rings is 2. The van der Waals surface area contributed by atoms with Gasteiger partial charge in [0.05, 0.1) is 4.90 Å². The number of nitrogens with zero attached hydrogens (tertiary/aromatic N) is 1. The summed E-state index contributed by atoms with van der Waals surface area (Å²) in [6.07, 6.45) is 1.79. The normalized spacial score (nSPS) is 15.0. The Balaban J connectivity index is 1.59. The average molecular weight is 403 g/mol. The standard InChI is InChI=1S/C21H26N2O4S/c1-16(2)19-7-3-4-8-20(19)27-15-21(24)22-17-9-11-18(12-10-17)28(25,26)23-13-5-6-14-23/h3-4,7-12,16H,5-6,13-15H2,1-2H3,(H,22,24). The summed E-state index contributed by atoms with van der Waals surface area (Å²) < 4.78 is 32.2. The SMILES string of the molecule is CC(C)c1ccccc1OCC(=O)Nc1ccc(S(=O)(=O)N2CCCC2)cc1. The lowest BCUT2D eigenvalue weighted by atomic mass is 10.0. The molecule has 1 amide bonds. The summed E-state index contributed by atoms with van der Waals surface area (Å²) in [5.74, 6) is 0.692. The number of carbonyl (C=O) groups excluding carboxylic acids is 1. The number of anilines is 1. The smallest absolute Gasteiger partial charge is 0.262 e. The fourth-order valence-corrected chi connectivity index (χ4v) is 4.73. The van der Waals surface area contributed by atoms with Gasteiger partial charge < -0.3 is 10.1 Å². The Bertz CT molecular complexity index is 918. The monoisotopic (exact) mass is 402 g/mol. The molecule has 6 nitrogen and oxygen atoms in total. The maximum Gasteiger partial charge on any atom is 0.262 e. The molecule has 1 fully saturated rings. The second-order valence-corrected chi connectivity index (χ2v) is 9.10. The Morgan fingerprint density at radius 3 is 2.36 bits per heavy atom. The van der Waals surface area contributed by atoms with Crippen LogP contribution in [0, 0.1) is 0 Å². The van der Waals surface area contributed by atoms with E-state index in [1.54, 1.807) is 12.1 Å². The molecule has 0 radical (unpaired) electrons. The predicted molar refractivity (Wildman–Crippen MR) is 109 cm³/mol. The van der Waals surface area contributed by atoms with Crippen molar-refractivity contribution in [2.75, 3.05) is 25.0 Å². The van der Waals surface area contributed by atoms with Gasteiger partial charge in [-0.15, -0.1) is 0 Å². The number of para-hydroxylation sites is 1. The minimum Gasteiger partial charge on any atom is -0.483 e. The van der Waals surface area contributed by atoms with Gasteiger partial charge in [-0.25, -0.2) is 8.42 Å². The van der Waals surface area contributed by atoms with Crippen LogP contribution >= 0.6 is 0 Å². The van der Waals surface area contributed by atoms with Crippen molar-refractivity contribution >= 4 is 21.6 Å². The summed E-state index contributed by atoms with van der Waals surface area (Å²) in [5, 5.41) is 2.74. The van der Waals surface area contributed by atoms with E-state index in [9.17, 15) is 13.2 Å². The molecule has 150 valence electrons. The minimum atomic E-state index is -3.45. The van der Waals surface area contributed by atoms with E-state index in [-0.39, 0.29) is 17.4 Å². The van der Waals surface area contributed by atoms with Gasteiger partial charge in [-0.05, 0) is 54.7 Å². The summed E-state index contributed by atoms with van der Waals surface area (Å²) >= 11 is 0. The molecule has 2 aromatic rings. The van der Waals surface area contributed by atoms with E-state index in [1.807, 2.05) is 24.3 Å². The van der Waals surface area contributed by atoms with Gasteiger partial charge in [-0.1, -0.05) is 32.0 Å². The molecule has 0 aliphatic carbocycles. The van der Waals surface area contributed by atoms with Crippen molar-refractivity contribution < 1.29 is 17.9 Å². The largest absolute Gasteiger partial charge is 0.483 e. The predicted octanol–water partition coefficient (Wildman–Crippen LogP) is 3.61. The van der Waals surface area contributed by atoms with Crippen LogP contribution in [0.5, 0.6) is 5.75 Å². The van der Waals surface area contributed by atoms with E-state index in [0.29, 0.717) is 30.4 Å². The molecule has 0 spiro atoms. The third-order valence-corrected chi connectivity index (χ3v) is 6.65. The molecule has 1 heterocycles. The fourth-order valence-electron chi connectivity index (χ4n) is 3.22. The second-order valence-electron chi connectivity index (χ2n) is 7.16. The molecule has 0 saturated carbocycles. The number of carbonyl (C=O) groups is 1. The number of nitrogens with one attached hydrogen (secondary N) is 1. The number of amides is 1. The average Bonchev–Trinajstić information content (AvgIpc) is 3.23. The van der Waals surface area contributed by atoms with Crippen molar-refractivity contribution in [2.45, 2.75) is 37.5 Å². The lowest BCUT2D eigenvalue weighted by molar-refractivity contribution is -0.118. The van der Waals surface area contributed by atoms with Crippen molar-refractivity contribution in [2.24, 2.45) is 0 Å². The fraction of sp³-hybridized carbons (Fsp3) is 0.381. The highest BCUT2D eigenvalue weighted by Gasteiger charge is 2.26. The Morgan fingerprint density at radius 2 is 1.71 bits per heavy atom. The topological polar surface area (TPSA) is 75.7 Å². The summed E-state index contributed by atoms with van der Waals surface area (Å²) in [6.45, 7) is 5.16.